The quantitative estimate of drug-likeness (QED) is 0.919. The number of aryl methyl sites for hydroxylation is 1. The van der Waals surface area contributed by atoms with Crippen LogP contribution in [0.2, 0.25) is 0 Å². The van der Waals surface area contributed by atoms with Crippen LogP contribution >= 0.6 is 0 Å². The van der Waals surface area contributed by atoms with Crippen molar-refractivity contribution in [1.82, 2.24) is 4.98 Å². The van der Waals surface area contributed by atoms with Crippen LogP contribution in [0, 0.1) is 12.7 Å². The van der Waals surface area contributed by atoms with Crippen LogP contribution in [-0.2, 0) is 6.61 Å². The van der Waals surface area contributed by atoms with Gasteiger partial charge in [0.2, 0.25) is 0 Å². The van der Waals surface area contributed by atoms with E-state index in [0.29, 0.717) is 5.56 Å². The molecular weight excluding hydrogens is 245 g/mol. The summed E-state index contributed by atoms with van der Waals surface area (Å²) in [4.78, 5) is 4.28. The van der Waals surface area contributed by atoms with Gasteiger partial charge in [0.15, 0.2) is 11.6 Å². The third-order valence-corrected chi connectivity index (χ3v) is 2.76. The maximum absolute atomic E-state index is 13.7. The molecule has 0 saturated carbocycles. The molecule has 0 aliphatic rings. The van der Waals surface area contributed by atoms with E-state index in [9.17, 15) is 9.50 Å². The lowest BCUT2D eigenvalue weighted by Gasteiger charge is -2.10. The summed E-state index contributed by atoms with van der Waals surface area (Å²) in [5, 5.41) is 9.36. The number of aliphatic hydroxyl groups excluding tert-OH is 1. The Morgan fingerprint density at radius 1 is 1.32 bits per heavy atom. The second-order valence-electron chi connectivity index (χ2n) is 4.42. The van der Waals surface area contributed by atoms with Crippen molar-refractivity contribution in [3.8, 4) is 5.75 Å². The molecule has 0 aliphatic heterocycles. The summed E-state index contributed by atoms with van der Waals surface area (Å²) in [6, 6.07) is 10.0. The summed E-state index contributed by atoms with van der Waals surface area (Å²) in [5.74, 6) is -0.321. The van der Waals surface area contributed by atoms with E-state index in [4.69, 9.17) is 4.74 Å². The van der Waals surface area contributed by atoms with Gasteiger partial charge in [0.05, 0.1) is 11.8 Å². The van der Waals surface area contributed by atoms with Crippen LogP contribution in [-0.4, -0.2) is 10.1 Å². The molecule has 2 aromatic rings. The molecule has 0 bridgehead atoms. The molecule has 2 rings (SSSR count). The number of pyridine rings is 1. The first-order valence-electron chi connectivity index (χ1n) is 6.09. The van der Waals surface area contributed by atoms with Crippen LogP contribution in [0.15, 0.2) is 36.4 Å². The normalized spacial score (nSPS) is 12.2. The molecule has 0 fully saturated rings. The van der Waals surface area contributed by atoms with Crippen LogP contribution in [0.1, 0.15) is 30.0 Å². The van der Waals surface area contributed by atoms with Crippen LogP contribution in [0.4, 0.5) is 4.39 Å². The molecule has 0 saturated heterocycles. The molecule has 1 aromatic carbocycles. The lowest BCUT2D eigenvalue weighted by Crippen LogP contribution is -2.01. The fourth-order valence-corrected chi connectivity index (χ4v) is 1.73. The molecule has 1 aromatic heterocycles. The summed E-state index contributed by atoms with van der Waals surface area (Å²) in [5.41, 5.74) is 2.17. The van der Waals surface area contributed by atoms with Crippen molar-refractivity contribution >= 4 is 0 Å². The molecule has 0 radical (unpaired) electrons. The standard InChI is InChI=1S/C15H16FNO2/c1-10-4-3-5-13(17-10)9-19-15-7-6-12(11(2)18)8-14(15)16/h3-8,11,18H,9H2,1-2H3. The number of halogens is 1. The third kappa shape index (κ3) is 3.51. The number of benzene rings is 1. The van der Waals surface area contributed by atoms with Crippen molar-refractivity contribution in [2.75, 3.05) is 0 Å². The third-order valence-electron chi connectivity index (χ3n) is 2.76. The Labute approximate surface area is 111 Å². The molecule has 1 heterocycles. The Kier molecular flexibility index (Phi) is 4.12. The summed E-state index contributed by atoms with van der Waals surface area (Å²) < 4.78 is 19.1. The van der Waals surface area contributed by atoms with E-state index < -0.39 is 11.9 Å². The monoisotopic (exact) mass is 261 g/mol. The van der Waals surface area contributed by atoms with E-state index in [1.165, 1.54) is 12.1 Å². The second-order valence-corrected chi connectivity index (χ2v) is 4.42. The predicted molar refractivity (Wildman–Crippen MR) is 70.3 cm³/mol. The number of hydrogen-bond donors (Lipinski definition) is 1. The van der Waals surface area contributed by atoms with Gasteiger partial charge in [-0.15, -0.1) is 0 Å². The van der Waals surface area contributed by atoms with E-state index in [-0.39, 0.29) is 12.4 Å². The van der Waals surface area contributed by atoms with Crippen molar-refractivity contribution in [2.45, 2.75) is 26.6 Å². The van der Waals surface area contributed by atoms with Gasteiger partial charge in [-0.05, 0) is 43.7 Å². The van der Waals surface area contributed by atoms with Crippen LogP contribution in [0.3, 0.4) is 0 Å². The van der Waals surface area contributed by atoms with Gasteiger partial charge in [-0.1, -0.05) is 12.1 Å². The lowest BCUT2D eigenvalue weighted by molar-refractivity contribution is 0.198. The van der Waals surface area contributed by atoms with E-state index in [2.05, 4.69) is 4.98 Å². The largest absolute Gasteiger partial charge is 0.484 e. The average Bonchev–Trinajstić information content (AvgIpc) is 2.37. The van der Waals surface area contributed by atoms with Crippen molar-refractivity contribution in [3.05, 3.63) is 59.2 Å². The molecule has 19 heavy (non-hydrogen) atoms. The maximum Gasteiger partial charge on any atom is 0.165 e. The Hall–Kier alpha value is -1.94. The van der Waals surface area contributed by atoms with Gasteiger partial charge in [-0.3, -0.25) is 4.98 Å². The molecule has 1 N–H and O–H groups in total. The first kappa shape index (κ1) is 13.5. The summed E-state index contributed by atoms with van der Waals surface area (Å²) in [6.45, 7) is 3.69. The van der Waals surface area contributed by atoms with Crippen molar-refractivity contribution in [3.63, 3.8) is 0 Å². The Balaban J connectivity index is 2.07. The molecule has 0 aliphatic carbocycles. The SMILES string of the molecule is Cc1cccc(COc2ccc(C(C)O)cc2F)n1. The van der Waals surface area contributed by atoms with E-state index >= 15 is 0 Å². The highest BCUT2D eigenvalue weighted by molar-refractivity contribution is 5.30. The highest BCUT2D eigenvalue weighted by Crippen LogP contribution is 2.22. The highest BCUT2D eigenvalue weighted by Gasteiger charge is 2.08. The lowest BCUT2D eigenvalue weighted by atomic mass is 10.1. The zero-order valence-electron chi connectivity index (χ0n) is 10.9. The maximum atomic E-state index is 13.7. The minimum atomic E-state index is -0.693. The van der Waals surface area contributed by atoms with Gasteiger partial charge in [-0.2, -0.15) is 0 Å². The topological polar surface area (TPSA) is 42.4 Å². The van der Waals surface area contributed by atoms with Gasteiger partial charge in [0.1, 0.15) is 6.61 Å². The zero-order chi connectivity index (χ0) is 13.8. The minimum absolute atomic E-state index is 0.160. The molecule has 1 unspecified atom stereocenters. The van der Waals surface area contributed by atoms with Gasteiger partial charge in [0, 0.05) is 5.69 Å². The summed E-state index contributed by atoms with van der Waals surface area (Å²) in [6.07, 6.45) is -0.693. The van der Waals surface area contributed by atoms with Crippen LogP contribution in [0.5, 0.6) is 5.75 Å². The van der Waals surface area contributed by atoms with Crippen LogP contribution in [0.25, 0.3) is 0 Å². The Morgan fingerprint density at radius 2 is 2.11 bits per heavy atom. The van der Waals surface area contributed by atoms with Gasteiger partial charge < -0.3 is 9.84 Å². The van der Waals surface area contributed by atoms with E-state index in [0.717, 1.165) is 11.4 Å². The number of hydrogen-bond acceptors (Lipinski definition) is 3. The second kappa shape index (κ2) is 5.80. The van der Waals surface area contributed by atoms with E-state index in [1.807, 2.05) is 25.1 Å². The smallest absolute Gasteiger partial charge is 0.165 e. The Morgan fingerprint density at radius 3 is 2.74 bits per heavy atom. The van der Waals surface area contributed by atoms with Crippen LogP contribution < -0.4 is 4.74 Å². The average molecular weight is 261 g/mol. The first-order valence-corrected chi connectivity index (χ1v) is 6.09. The van der Waals surface area contributed by atoms with Crippen molar-refractivity contribution in [1.29, 1.82) is 0 Å². The van der Waals surface area contributed by atoms with Crippen molar-refractivity contribution < 1.29 is 14.2 Å². The first-order chi connectivity index (χ1) is 9.06. The molecule has 0 spiro atoms. The zero-order valence-corrected chi connectivity index (χ0v) is 10.9. The number of nitrogens with zero attached hydrogens (tertiary/aromatic N) is 1. The van der Waals surface area contributed by atoms with Gasteiger partial charge >= 0.3 is 0 Å². The van der Waals surface area contributed by atoms with Gasteiger partial charge in [0.25, 0.3) is 0 Å². The predicted octanol–water partition coefficient (Wildman–Crippen LogP) is 3.16. The van der Waals surface area contributed by atoms with E-state index in [1.54, 1.807) is 13.0 Å². The molecule has 4 heteroatoms. The molecule has 1 atom stereocenters. The molecule has 100 valence electrons. The number of aromatic nitrogens is 1. The van der Waals surface area contributed by atoms with Gasteiger partial charge in [-0.25, -0.2) is 4.39 Å². The fourth-order valence-electron chi connectivity index (χ4n) is 1.73. The van der Waals surface area contributed by atoms with Crippen molar-refractivity contribution in [2.24, 2.45) is 0 Å². The summed E-state index contributed by atoms with van der Waals surface area (Å²) in [7, 11) is 0. The highest BCUT2D eigenvalue weighted by atomic mass is 19.1. The number of rotatable bonds is 4. The Bertz CT molecular complexity index is 570. The number of ether oxygens (including phenoxy) is 1. The molecule has 0 amide bonds. The molecular formula is C15H16FNO2. The fraction of sp³-hybridized carbons (Fsp3) is 0.267. The summed E-state index contributed by atoms with van der Waals surface area (Å²) >= 11 is 0. The number of aliphatic hydroxyl groups is 1. The minimum Gasteiger partial charge on any atom is -0.484 e. The molecule has 3 nitrogen and oxygen atoms in total.